The Balaban J connectivity index is 2.13. The van der Waals surface area contributed by atoms with Crippen LogP contribution in [0.4, 0.5) is 4.79 Å². The van der Waals surface area contributed by atoms with Crippen LogP contribution >= 0.6 is 15.9 Å². The summed E-state index contributed by atoms with van der Waals surface area (Å²) in [5, 5.41) is 3.66. The summed E-state index contributed by atoms with van der Waals surface area (Å²) in [6, 6.07) is 14.7. The Morgan fingerprint density at radius 3 is 2.40 bits per heavy atom. The number of carbonyl (C=O) groups is 1. The van der Waals surface area contributed by atoms with Gasteiger partial charge in [0.15, 0.2) is 0 Å². The molecule has 3 aromatic rings. The largest absolute Gasteiger partial charge is 0.338 e. The van der Waals surface area contributed by atoms with E-state index < -0.39 is 0 Å². The van der Waals surface area contributed by atoms with Crippen LogP contribution in [0.15, 0.2) is 57.8 Å². The topological polar surface area (TPSA) is 67.2 Å². The Hall–Kier alpha value is -2.67. The third kappa shape index (κ3) is 6.72. The average Bonchev–Trinajstić information content (AvgIpc) is 2.87. The van der Waals surface area contributed by atoms with E-state index in [4.69, 9.17) is 4.98 Å². The SMILES string of the molecule is CCCCCCN(C(=O)NCCCC)C(CC)c1nc2ccccc2c(=O)n1-c1ccc(Br)cc1. The Morgan fingerprint density at radius 2 is 1.71 bits per heavy atom. The number of nitrogens with zero attached hydrogens (tertiary/aromatic N) is 3. The summed E-state index contributed by atoms with van der Waals surface area (Å²) in [6.07, 6.45) is 6.86. The van der Waals surface area contributed by atoms with Crippen LogP contribution in [0.25, 0.3) is 16.6 Å². The molecule has 0 radical (unpaired) electrons. The van der Waals surface area contributed by atoms with Gasteiger partial charge in [0.05, 0.1) is 22.6 Å². The van der Waals surface area contributed by atoms with E-state index in [1.54, 1.807) is 4.57 Å². The van der Waals surface area contributed by atoms with E-state index >= 15 is 0 Å². The van der Waals surface area contributed by atoms with Crippen molar-refractivity contribution >= 4 is 32.9 Å². The van der Waals surface area contributed by atoms with Gasteiger partial charge in [0.2, 0.25) is 0 Å². The number of para-hydroxylation sites is 1. The number of urea groups is 1. The zero-order valence-electron chi connectivity index (χ0n) is 21.1. The lowest BCUT2D eigenvalue weighted by molar-refractivity contribution is 0.166. The lowest BCUT2D eigenvalue weighted by atomic mass is 10.1. The minimum atomic E-state index is -0.334. The van der Waals surface area contributed by atoms with Crippen molar-refractivity contribution in [3.8, 4) is 5.69 Å². The fourth-order valence-corrected chi connectivity index (χ4v) is 4.60. The third-order valence-electron chi connectivity index (χ3n) is 6.27. The zero-order valence-corrected chi connectivity index (χ0v) is 22.7. The maximum atomic E-state index is 13.7. The molecule has 1 N–H and O–H groups in total. The third-order valence-corrected chi connectivity index (χ3v) is 6.80. The van der Waals surface area contributed by atoms with E-state index in [0.717, 1.165) is 48.7 Å². The van der Waals surface area contributed by atoms with Crippen molar-refractivity contribution in [2.45, 2.75) is 71.8 Å². The van der Waals surface area contributed by atoms with Crippen LogP contribution in [-0.2, 0) is 0 Å². The summed E-state index contributed by atoms with van der Waals surface area (Å²) in [7, 11) is 0. The van der Waals surface area contributed by atoms with Crippen LogP contribution < -0.4 is 10.9 Å². The fourth-order valence-electron chi connectivity index (χ4n) is 4.34. The lowest BCUT2D eigenvalue weighted by Gasteiger charge is -2.32. The summed E-state index contributed by atoms with van der Waals surface area (Å²) in [4.78, 5) is 34.0. The molecule has 1 atom stereocenters. The van der Waals surface area contributed by atoms with Crippen molar-refractivity contribution in [1.29, 1.82) is 0 Å². The average molecular weight is 542 g/mol. The quantitative estimate of drug-likeness (QED) is 0.251. The van der Waals surface area contributed by atoms with Crippen molar-refractivity contribution in [3.05, 3.63) is 69.2 Å². The summed E-state index contributed by atoms with van der Waals surface area (Å²) in [5.74, 6) is 0.597. The van der Waals surface area contributed by atoms with Crippen molar-refractivity contribution in [1.82, 2.24) is 19.8 Å². The highest BCUT2D eigenvalue weighted by molar-refractivity contribution is 9.10. The zero-order chi connectivity index (χ0) is 25.2. The molecule has 1 unspecified atom stereocenters. The molecule has 0 aliphatic heterocycles. The molecule has 2 aromatic carbocycles. The summed E-state index contributed by atoms with van der Waals surface area (Å²) < 4.78 is 2.62. The van der Waals surface area contributed by atoms with Crippen LogP contribution in [0.5, 0.6) is 0 Å². The predicted octanol–water partition coefficient (Wildman–Crippen LogP) is 6.99. The molecule has 0 saturated carbocycles. The van der Waals surface area contributed by atoms with E-state index in [-0.39, 0.29) is 17.6 Å². The molecule has 0 saturated heterocycles. The summed E-state index contributed by atoms with van der Waals surface area (Å²) >= 11 is 3.49. The number of carbonyl (C=O) groups excluding carboxylic acids is 1. The number of rotatable bonds is 12. The Labute approximate surface area is 216 Å². The number of unbranched alkanes of at least 4 members (excludes halogenated alkanes) is 4. The number of nitrogens with one attached hydrogen (secondary N) is 1. The molecule has 35 heavy (non-hydrogen) atoms. The number of fused-ring (bicyclic) bond motifs is 1. The van der Waals surface area contributed by atoms with E-state index in [1.165, 1.54) is 0 Å². The minimum absolute atomic E-state index is 0.0911. The highest BCUT2D eigenvalue weighted by atomic mass is 79.9. The molecule has 6 nitrogen and oxygen atoms in total. The van der Waals surface area contributed by atoms with Crippen LogP contribution in [0, 0.1) is 0 Å². The maximum Gasteiger partial charge on any atom is 0.318 e. The van der Waals surface area contributed by atoms with Gasteiger partial charge in [0, 0.05) is 17.6 Å². The fraction of sp³-hybridized carbons (Fsp3) is 0.464. The van der Waals surface area contributed by atoms with Gasteiger partial charge < -0.3 is 10.2 Å². The van der Waals surface area contributed by atoms with Gasteiger partial charge in [-0.3, -0.25) is 9.36 Å². The minimum Gasteiger partial charge on any atom is -0.338 e. The predicted molar refractivity (Wildman–Crippen MR) is 147 cm³/mol. The molecule has 0 aliphatic carbocycles. The molecule has 0 spiro atoms. The van der Waals surface area contributed by atoms with E-state index in [2.05, 4.69) is 42.0 Å². The Bertz CT molecular complexity index is 1160. The summed E-state index contributed by atoms with van der Waals surface area (Å²) in [6.45, 7) is 7.61. The molecule has 0 aliphatic rings. The molecule has 1 aromatic heterocycles. The Kier molecular flexibility index (Phi) is 10.3. The van der Waals surface area contributed by atoms with Gasteiger partial charge in [-0.1, -0.05) is 74.5 Å². The van der Waals surface area contributed by atoms with E-state index in [0.29, 0.717) is 36.2 Å². The molecular formula is C28H37BrN4O2. The first kappa shape index (κ1) is 26.9. The van der Waals surface area contributed by atoms with Gasteiger partial charge in [-0.2, -0.15) is 0 Å². The number of amides is 2. The highest BCUT2D eigenvalue weighted by Gasteiger charge is 2.28. The maximum absolute atomic E-state index is 13.7. The standard InChI is InChI=1S/C28H37BrN4O2/c1-4-7-9-12-20-32(28(35)30-19-8-5-2)25(6-3)26-31-24-14-11-10-13-23(24)27(34)33(26)22-17-15-21(29)16-18-22/h10-11,13-18,25H,4-9,12,19-20H2,1-3H3,(H,30,35). The first-order valence-corrected chi connectivity index (χ1v) is 13.6. The van der Waals surface area contributed by atoms with Gasteiger partial charge in [0.1, 0.15) is 5.82 Å². The first-order chi connectivity index (χ1) is 17.0. The molecule has 0 fully saturated rings. The normalized spacial score (nSPS) is 12.0. The second-order valence-corrected chi connectivity index (χ2v) is 9.78. The summed E-state index contributed by atoms with van der Waals surface area (Å²) in [5.41, 5.74) is 1.27. The van der Waals surface area contributed by atoms with E-state index in [9.17, 15) is 9.59 Å². The number of benzene rings is 2. The molecule has 1 heterocycles. The first-order valence-electron chi connectivity index (χ1n) is 12.8. The lowest BCUT2D eigenvalue weighted by Crippen LogP contribution is -2.44. The monoisotopic (exact) mass is 540 g/mol. The van der Waals surface area contributed by atoms with E-state index in [1.807, 2.05) is 53.4 Å². The van der Waals surface area contributed by atoms with Crippen molar-refractivity contribution in [2.75, 3.05) is 13.1 Å². The molecule has 3 rings (SSSR count). The van der Waals surface area contributed by atoms with Gasteiger partial charge >= 0.3 is 6.03 Å². The van der Waals surface area contributed by atoms with Gasteiger partial charge in [-0.25, -0.2) is 9.78 Å². The number of hydrogen-bond acceptors (Lipinski definition) is 3. The molecule has 2 amide bonds. The van der Waals surface area contributed by atoms with Gasteiger partial charge in [-0.05, 0) is 55.7 Å². The molecule has 188 valence electrons. The van der Waals surface area contributed by atoms with Crippen molar-refractivity contribution < 1.29 is 4.79 Å². The number of hydrogen-bond donors (Lipinski definition) is 1. The molecule has 7 heteroatoms. The number of halogens is 1. The number of aromatic nitrogens is 2. The second-order valence-electron chi connectivity index (χ2n) is 8.87. The van der Waals surface area contributed by atoms with Crippen molar-refractivity contribution in [3.63, 3.8) is 0 Å². The van der Waals surface area contributed by atoms with Crippen molar-refractivity contribution in [2.24, 2.45) is 0 Å². The highest BCUT2D eigenvalue weighted by Crippen LogP contribution is 2.27. The smallest absolute Gasteiger partial charge is 0.318 e. The molecule has 0 bridgehead atoms. The van der Waals surface area contributed by atoms with Crippen LogP contribution in [0.2, 0.25) is 0 Å². The van der Waals surface area contributed by atoms with Gasteiger partial charge in [-0.15, -0.1) is 0 Å². The van der Waals surface area contributed by atoms with Crippen LogP contribution in [0.1, 0.15) is 77.6 Å². The van der Waals surface area contributed by atoms with Gasteiger partial charge in [0.25, 0.3) is 5.56 Å². The Morgan fingerprint density at radius 1 is 1.00 bits per heavy atom. The van der Waals surface area contributed by atoms with Crippen LogP contribution in [0.3, 0.4) is 0 Å². The molecular weight excluding hydrogens is 504 g/mol. The van der Waals surface area contributed by atoms with Crippen LogP contribution in [-0.4, -0.2) is 33.6 Å². The second kappa shape index (κ2) is 13.4.